The van der Waals surface area contributed by atoms with Crippen molar-refractivity contribution in [2.45, 2.75) is 19.3 Å². The SMILES string of the molecule is Clc1cc(Nc2ccc(Br)c(Cl)c2)nc(CC2CC2)n1. The first-order valence-electron chi connectivity index (χ1n) is 6.36. The fourth-order valence-corrected chi connectivity index (χ4v) is 2.55. The highest BCUT2D eigenvalue weighted by Gasteiger charge is 2.23. The molecule has 1 fully saturated rings. The quantitative estimate of drug-likeness (QED) is 0.745. The van der Waals surface area contributed by atoms with Crippen molar-refractivity contribution in [3.8, 4) is 0 Å². The average molecular weight is 373 g/mol. The molecule has 0 unspecified atom stereocenters. The van der Waals surface area contributed by atoms with Gasteiger partial charge < -0.3 is 5.32 Å². The van der Waals surface area contributed by atoms with Crippen molar-refractivity contribution in [3.05, 3.63) is 44.7 Å². The summed E-state index contributed by atoms with van der Waals surface area (Å²) in [6.07, 6.45) is 3.43. The van der Waals surface area contributed by atoms with Gasteiger partial charge in [-0.2, -0.15) is 0 Å². The maximum Gasteiger partial charge on any atom is 0.135 e. The molecule has 0 spiro atoms. The maximum atomic E-state index is 6.07. The Morgan fingerprint density at radius 3 is 2.70 bits per heavy atom. The first-order valence-corrected chi connectivity index (χ1v) is 7.90. The predicted molar refractivity (Wildman–Crippen MR) is 85.9 cm³/mol. The Balaban J connectivity index is 1.81. The Morgan fingerprint density at radius 2 is 2.00 bits per heavy atom. The third kappa shape index (κ3) is 3.62. The molecule has 1 N–H and O–H groups in total. The van der Waals surface area contributed by atoms with Crippen molar-refractivity contribution in [1.29, 1.82) is 0 Å². The molecule has 3 nitrogen and oxygen atoms in total. The summed E-state index contributed by atoms with van der Waals surface area (Å²) in [5, 5.41) is 4.31. The van der Waals surface area contributed by atoms with E-state index in [0.717, 1.165) is 28.3 Å². The minimum absolute atomic E-state index is 0.460. The summed E-state index contributed by atoms with van der Waals surface area (Å²) in [6, 6.07) is 7.36. The highest BCUT2D eigenvalue weighted by Crippen LogP contribution is 2.32. The summed E-state index contributed by atoms with van der Waals surface area (Å²) in [7, 11) is 0. The summed E-state index contributed by atoms with van der Waals surface area (Å²) in [6.45, 7) is 0. The number of nitrogens with one attached hydrogen (secondary N) is 1. The van der Waals surface area contributed by atoms with Crippen molar-refractivity contribution in [1.82, 2.24) is 9.97 Å². The molecule has 0 bridgehead atoms. The van der Waals surface area contributed by atoms with Gasteiger partial charge in [0, 0.05) is 22.6 Å². The highest BCUT2D eigenvalue weighted by molar-refractivity contribution is 9.10. The van der Waals surface area contributed by atoms with Gasteiger partial charge in [0.15, 0.2) is 0 Å². The Morgan fingerprint density at radius 1 is 1.20 bits per heavy atom. The van der Waals surface area contributed by atoms with Crippen molar-refractivity contribution in [2.24, 2.45) is 5.92 Å². The molecule has 6 heteroatoms. The number of anilines is 2. The fraction of sp³-hybridized carbons (Fsp3) is 0.286. The molecular formula is C14H12BrCl2N3. The van der Waals surface area contributed by atoms with Gasteiger partial charge in [0.05, 0.1) is 5.02 Å². The molecule has 0 atom stereocenters. The van der Waals surface area contributed by atoms with Crippen molar-refractivity contribution < 1.29 is 0 Å². The molecule has 3 rings (SSSR count). The predicted octanol–water partition coefficient (Wildman–Crippen LogP) is 5.24. The molecule has 1 saturated carbocycles. The number of benzene rings is 1. The van der Waals surface area contributed by atoms with E-state index in [4.69, 9.17) is 23.2 Å². The Bertz CT molecular complexity index is 644. The molecule has 0 aliphatic heterocycles. The van der Waals surface area contributed by atoms with Crippen LogP contribution in [0.25, 0.3) is 0 Å². The minimum Gasteiger partial charge on any atom is -0.340 e. The molecule has 20 heavy (non-hydrogen) atoms. The van der Waals surface area contributed by atoms with Crippen LogP contribution in [0.1, 0.15) is 18.7 Å². The van der Waals surface area contributed by atoms with E-state index in [1.54, 1.807) is 6.07 Å². The zero-order valence-electron chi connectivity index (χ0n) is 10.5. The number of hydrogen-bond donors (Lipinski definition) is 1. The fourth-order valence-electron chi connectivity index (χ4n) is 1.92. The smallest absolute Gasteiger partial charge is 0.135 e. The number of nitrogens with zero attached hydrogens (tertiary/aromatic N) is 2. The Labute approximate surface area is 135 Å². The van der Waals surface area contributed by atoms with E-state index in [2.05, 4.69) is 31.2 Å². The summed E-state index contributed by atoms with van der Waals surface area (Å²) < 4.78 is 0.861. The largest absolute Gasteiger partial charge is 0.340 e. The lowest BCUT2D eigenvalue weighted by Crippen LogP contribution is -2.01. The van der Waals surface area contributed by atoms with Gasteiger partial charge in [-0.25, -0.2) is 9.97 Å². The molecule has 1 heterocycles. The number of rotatable bonds is 4. The topological polar surface area (TPSA) is 37.8 Å². The maximum absolute atomic E-state index is 6.07. The summed E-state index contributed by atoms with van der Waals surface area (Å²) >= 11 is 15.5. The zero-order valence-corrected chi connectivity index (χ0v) is 13.6. The number of halogens is 3. The highest BCUT2D eigenvalue weighted by atomic mass is 79.9. The summed E-state index contributed by atoms with van der Waals surface area (Å²) in [5.74, 6) is 2.22. The second kappa shape index (κ2) is 5.88. The second-order valence-corrected chi connectivity index (χ2v) is 6.54. The van der Waals surface area contributed by atoms with Gasteiger partial charge in [-0.15, -0.1) is 0 Å². The molecule has 0 amide bonds. The van der Waals surface area contributed by atoms with Crippen LogP contribution in [0.3, 0.4) is 0 Å². The third-order valence-electron chi connectivity index (χ3n) is 3.10. The van der Waals surface area contributed by atoms with Gasteiger partial charge in [-0.05, 0) is 52.9 Å². The first kappa shape index (κ1) is 14.1. The lowest BCUT2D eigenvalue weighted by molar-refractivity contribution is 0.771. The van der Waals surface area contributed by atoms with Crippen molar-refractivity contribution in [3.63, 3.8) is 0 Å². The van der Waals surface area contributed by atoms with E-state index in [0.29, 0.717) is 16.0 Å². The zero-order chi connectivity index (χ0) is 14.1. The number of aromatic nitrogens is 2. The first-order chi connectivity index (χ1) is 9.60. The van der Waals surface area contributed by atoms with Gasteiger partial charge in [0.1, 0.15) is 16.8 Å². The van der Waals surface area contributed by atoms with Crippen LogP contribution < -0.4 is 5.32 Å². The molecule has 1 aromatic heterocycles. The van der Waals surface area contributed by atoms with E-state index in [-0.39, 0.29) is 0 Å². The third-order valence-corrected chi connectivity index (χ3v) is 4.53. The molecule has 1 aliphatic rings. The van der Waals surface area contributed by atoms with E-state index in [1.807, 2.05) is 18.2 Å². The van der Waals surface area contributed by atoms with E-state index < -0.39 is 0 Å². The molecule has 1 aliphatic carbocycles. The van der Waals surface area contributed by atoms with Crippen LogP contribution in [0, 0.1) is 5.92 Å². The van der Waals surface area contributed by atoms with E-state index >= 15 is 0 Å². The van der Waals surface area contributed by atoms with Crippen LogP contribution in [0.2, 0.25) is 10.2 Å². The van der Waals surface area contributed by atoms with Crippen LogP contribution in [0.4, 0.5) is 11.5 Å². The molecule has 1 aromatic carbocycles. The minimum atomic E-state index is 0.460. The van der Waals surface area contributed by atoms with Gasteiger partial charge >= 0.3 is 0 Å². The molecule has 0 saturated heterocycles. The summed E-state index contributed by atoms with van der Waals surface area (Å²) in [4.78, 5) is 8.77. The normalized spacial score (nSPS) is 14.3. The van der Waals surface area contributed by atoms with Crippen LogP contribution in [0.5, 0.6) is 0 Å². The van der Waals surface area contributed by atoms with E-state index in [1.165, 1.54) is 12.8 Å². The average Bonchev–Trinajstić information content (AvgIpc) is 3.17. The molecule has 2 aromatic rings. The van der Waals surface area contributed by atoms with Gasteiger partial charge in [-0.1, -0.05) is 23.2 Å². The van der Waals surface area contributed by atoms with Crippen molar-refractivity contribution >= 4 is 50.6 Å². The lowest BCUT2D eigenvalue weighted by atomic mass is 10.3. The van der Waals surface area contributed by atoms with Gasteiger partial charge in [0.25, 0.3) is 0 Å². The molecule has 0 radical (unpaired) electrons. The molecule has 104 valence electrons. The van der Waals surface area contributed by atoms with Crippen LogP contribution >= 0.6 is 39.1 Å². The van der Waals surface area contributed by atoms with Gasteiger partial charge in [0.2, 0.25) is 0 Å². The second-order valence-electron chi connectivity index (χ2n) is 4.89. The standard InChI is InChI=1S/C14H12BrCl2N3/c15-10-4-3-9(6-11(10)16)18-14-7-12(17)19-13(20-14)5-8-1-2-8/h3-4,6-8H,1-2,5H2,(H,18,19,20). The Hall–Kier alpha value is -0.840. The van der Waals surface area contributed by atoms with Crippen LogP contribution in [0.15, 0.2) is 28.7 Å². The Kier molecular flexibility index (Phi) is 4.15. The van der Waals surface area contributed by atoms with Crippen LogP contribution in [-0.2, 0) is 6.42 Å². The van der Waals surface area contributed by atoms with Gasteiger partial charge in [-0.3, -0.25) is 0 Å². The number of hydrogen-bond acceptors (Lipinski definition) is 3. The van der Waals surface area contributed by atoms with Crippen molar-refractivity contribution in [2.75, 3.05) is 5.32 Å². The lowest BCUT2D eigenvalue weighted by Gasteiger charge is -2.08. The summed E-state index contributed by atoms with van der Waals surface area (Å²) in [5.41, 5.74) is 0.866. The monoisotopic (exact) mass is 371 g/mol. The van der Waals surface area contributed by atoms with E-state index in [9.17, 15) is 0 Å². The van der Waals surface area contributed by atoms with Crippen LogP contribution in [-0.4, -0.2) is 9.97 Å². The molecular weight excluding hydrogens is 361 g/mol.